The lowest BCUT2D eigenvalue weighted by molar-refractivity contribution is -0.131. The van der Waals surface area contributed by atoms with Gasteiger partial charge >= 0.3 is 6.03 Å². The van der Waals surface area contributed by atoms with E-state index in [0.29, 0.717) is 31.9 Å². The minimum absolute atomic E-state index is 0.00694. The summed E-state index contributed by atoms with van der Waals surface area (Å²) >= 11 is 0. The number of hydrogen-bond acceptors (Lipinski definition) is 3. The van der Waals surface area contributed by atoms with Crippen LogP contribution < -0.4 is 10.6 Å². The maximum absolute atomic E-state index is 12.4. The molecule has 1 aromatic carbocycles. The van der Waals surface area contributed by atoms with Crippen LogP contribution >= 0.6 is 0 Å². The maximum atomic E-state index is 12.4. The summed E-state index contributed by atoms with van der Waals surface area (Å²) in [4.78, 5) is 29.5. The van der Waals surface area contributed by atoms with Crippen molar-refractivity contribution in [3.8, 4) is 0 Å². The molecule has 0 aromatic heterocycles. The summed E-state index contributed by atoms with van der Waals surface area (Å²) in [6, 6.07) is 7.06. The highest BCUT2D eigenvalue weighted by atomic mass is 16.2. The predicted octanol–water partition coefficient (Wildman–Crippen LogP) is 1.38. The summed E-state index contributed by atoms with van der Waals surface area (Å²) < 4.78 is 0. The van der Waals surface area contributed by atoms with Crippen molar-refractivity contribution in [2.24, 2.45) is 0 Å². The molecule has 0 saturated carbocycles. The number of carbonyl (C=O) groups is 2. The topological polar surface area (TPSA) is 69.9 Å². The van der Waals surface area contributed by atoms with Crippen molar-refractivity contribution in [3.05, 3.63) is 24.3 Å². The van der Waals surface area contributed by atoms with Gasteiger partial charge in [-0.25, -0.2) is 4.79 Å². The van der Waals surface area contributed by atoms with E-state index >= 15 is 0 Å². The summed E-state index contributed by atoms with van der Waals surface area (Å²) in [6.07, 6.45) is 0. The zero-order valence-electron chi connectivity index (χ0n) is 12.6. The Morgan fingerprint density at radius 2 is 1.81 bits per heavy atom. The molecule has 0 radical (unpaired) electrons. The van der Waals surface area contributed by atoms with E-state index in [-0.39, 0.29) is 18.5 Å². The molecule has 114 valence electrons. The number of likely N-dealkylation sites (N-methyl/N-ethyl adjacent to an activating group) is 1. The predicted molar refractivity (Wildman–Crippen MR) is 83.1 cm³/mol. The minimum atomic E-state index is -0.125. The second-order valence-corrected chi connectivity index (χ2v) is 5.01. The fourth-order valence-corrected chi connectivity index (χ4v) is 2.46. The Morgan fingerprint density at radius 1 is 1.19 bits per heavy atom. The largest absolute Gasteiger partial charge is 0.399 e. The van der Waals surface area contributed by atoms with Crippen LogP contribution in [-0.4, -0.2) is 54.5 Å². The standard InChI is InChI=1S/C15H22N4O2/c1-3-17(4-2)14(20)11-18-9-10-19(15(18)21)13-7-5-12(16)6-8-13/h5-8H,3-4,9-11,16H2,1-2H3. The summed E-state index contributed by atoms with van der Waals surface area (Å²) in [6.45, 7) is 6.51. The van der Waals surface area contributed by atoms with E-state index in [1.54, 1.807) is 26.8 Å². The highest BCUT2D eigenvalue weighted by Gasteiger charge is 2.31. The van der Waals surface area contributed by atoms with E-state index in [0.717, 1.165) is 5.69 Å². The van der Waals surface area contributed by atoms with Crippen molar-refractivity contribution in [1.29, 1.82) is 0 Å². The van der Waals surface area contributed by atoms with Gasteiger partial charge in [-0.2, -0.15) is 0 Å². The molecule has 1 aromatic rings. The lowest BCUT2D eigenvalue weighted by Crippen LogP contribution is -2.42. The summed E-state index contributed by atoms with van der Waals surface area (Å²) in [5.41, 5.74) is 7.13. The zero-order valence-corrected chi connectivity index (χ0v) is 12.6. The van der Waals surface area contributed by atoms with Gasteiger partial charge in [0.2, 0.25) is 5.91 Å². The van der Waals surface area contributed by atoms with Gasteiger partial charge in [-0.3, -0.25) is 9.69 Å². The molecule has 0 spiro atoms. The Hall–Kier alpha value is -2.24. The first-order chi connectivity index (χ1) is 10.1. The average molecular weight is 290 g/mol. The zero-order chi connectivity index (χ0) is 15.4. The average Bonchev–Trinajstić information content (AvgIpc) is 2.83. The van der Waals surface area contributed by atoms with Crippen LogP contribution in [0.4, 0.5) is 16.2 Å². The van der Waals surface area contributed by atoms with Crippen molar-refractivity contribution in [1.82, 2.24) is 9.80 Å². The highest BCUT2D eigenvalue weighted by Crippen LogP contribution is 2.21. The molecule has 1 saturated heterocycles. The van der Waals surface area contributed by atoms with Gasteiger partial charge in [0.1, 0.15) is 6.54 Å². The fourth-order valence-electron chi connectivity index (χ4n) is 2.46. The van der Waals surface area contributed by atoms with Crippen molar-refractivity contribution in [2.45, 2.75) is 13.8 Å². The number of urea groups is 1. The van der Waals surface area contributed by atoms with Crippen LogP contribution in [0.2, 0.25) is 0 Å². The first-order valence-corrected chi connectivity index (χ1v) is 7.26. The number of amides is 3. The monoisotopic (exact) mass is 290 g/mol. The molecule has 2 rings (SSSR count). The number of benzene rings is 1. The Kier molecular flexibility index (Phi) is 4.67. The number of rotatable bonds is 5. The van der Waals surface area contributed by atoms with Crippen LogP contribution in [0.1, 0.15) is 13.8 Å². The van der Waals surface area contributed by atoms with E-state index in [1.165, 1.54) is 0 Å². The smallest absolute Gasteiger partial charge is 0.325 e. The molecule has 1 heterocycles. The summed E-state index contributed by atoms with van der Waals surface area (Å²) in [5.74, 6) is -0.00694. The third-order valence-electron chi connectivity index (χ3n) is 3.74. The lowest BCUT2D eigenvalue weighted by Gasteiger charge is -2.23. The van der Waals surface area contributed by atoms with Gasteiger partial charge in [-0.1, -0.05) is 0 Å². The highest BCUT2D eigenvalue weighted by molar-refractivity contribution is 5.96. The number of hydrogen-bond donors (Lipinski definition) is 1. The third-order valence-corrected chi connectivity index (χ3v) is 3.74. The molecule has 0 unspecified atom stereocenters. The van der Waals surface area contributed by atoms with Gasteiger partial charge in [0.05, 0.1) is 0 Å². The van der Waals surface area contributed by atoms with E-state index < -0.39 is 0 Å². The Balaban J connectivity index is 2.01. The maximum Gasteiger partial charge on any atom is 0.325 e. The molecule has 3 amide bonds. The third kappa shape index (κ3) is 3.26. The molecule has 1 fully saturated rings. The molecule has 0 bridgehead atoms. The van der Waals surface area contributed by atoms with Gasteiger partial charge in [0, 0.05) is 37.6 Å². The van der Waals surface area contributed by atoms with E-state index in [9.17, 15) is 9.59 Å². The number of carbonyl (C=O) groups excluding carboxylic acids is 2. The Bertz CT molecular complexity index is 511. The van der Waals surface area contributed by atoms with Crippen LogP contribution in [0.25, 0.3) is 0 Å². The van der Waals surface area contributed by atoms with Gasteiger partial charge in [0.25, 0.3) is 0 Å². The molecule has 6 nitrogen and oxygen atoms in total. The van der Waals surface area contributed by atoms with E-state index in [1.807, 2.05) is 26.0 Å². The molecule has 6 heteroatoms. The van der Waals surface area contributed by atoms with Crippen LogP contribution in [-0.2, 0) is 4.79 Å². The van der Waals surface area contributed by atoms with Crippen molar-refractivity contribution < 1.29 is 9.59 Å². The van der Waals surface area contributed by atoms with Crippen molar-refractivity contribution in [2.75, 3.05) is 43.4 Å². The van der Waals surface area contributed by atoms with Crippen LogP contribution in [0, 0.1) is 0 Å². The Morgan fingerprint density at radius 3 is 2.38 bits per heavy atom. The molecular formula is C15H22N4O2. The number of nitrogen functional groups attached to an aromatic ring is 1. The molecule has 2 N–H and O–H groups in total. The van der Waals surface area contributed by atoms with Gasteiger partial charge in [-0.15, -0.1) is 0 Å². The fraction of sp³-hybridized carbons (Fsp3) is 0.467. The number of nitrogens with zero attached hydrogens (tertiary/aromatic N) is 3. The quantitative estimate of drug-likeness (QED) is 0.833. The number of nitrogens with two attached hydrogens (primary N) is 1. The second-order valence-electron chi connectivity index (χ2n) is 5.01. The molecule has 0 aliphatic carbocycles. The lowest BCUT2D eigenvalue weighted by atomic mass is 10.2. The van der Waals surface area contributed by atoms with Crippen LogP contribution in [0.15, 0.2) is 24.3 Å². The van der Waals surface area contributed by atoms with Crippen LogP contribution in [0.3, 0.4) is 0 Å². The Labute approximate surface area is 125 Å². The molecule has 0 atom stereocenters. The normalized spacial score (nSPS) is 14.7. The molecule has 21 heavy (non-hydrogen) atoms. The summed E-state index contributed by atoms with van der Waals surface area (Å²) in [5, 5.41) is 0. The van der Waals surface area contributed by atoms with Crippen molar-refractivity contribution >= 4 is 23.3 Å². The second kappa shape index (κ2) is 6.47. The van der Waals surface area contributed by atoms with Gasteiger partial charge in [-0.05, 0) is 38.1 Å². The molecule has 1 aliphatic heterocycles. The minimum Gasteiger partial charge on any atom is -0.399 e. The van der Waals surface area contributed by atoms with Gasteiger partial charge in [0.15, 0.2) is 0 Å². The van der Waals surface area contributed by atoms with Crippen LogP contribution in [0.5, 0.6) is 0 Å². The summed E-state index contributed by atoms with van der Waals surface area (Å²) in [7, 11) is 0. The SMILES string of the molecule is CCN(CC)C(=O)CN1CCN(c2ccc(N)cc2)C1=O. The van der Waals surface area contributed by atoms with E-state index in [2.05, 4.69) is 0 Å². The first-order valence-electron chi connectivity index (χ1n) is 7.26. The molecular weight excluding hydrogens is 268 g/mol. The number of anilines is 2. The molecule has 1 aliphatic rings. The first kappa shape index (κ1) is 15.2. The van der Waals surface area contributed by atoms with E-state index in [4.69, 9.17) is 5.73 Å². The van der Waals surface area contributed by atoms with Gasteiger partial charge < -0.3 is 15.5 Å². The van der Waals surface area contributed by atoms with Crippen molar-refractivity contribution in [3.63, 3.8) is 0 Å².